The minimum Gasteiger partial charge on any atom is -0.382 e. The van der Waals surface area contributed by atoms with Gasteiger partial charge in [0.05, 0.1) is 37.2 Å². The second-order valence-corrected chi connectivity index (χ2v) is 9.58. The first kappa shape index (κ1) is 22.1. The molecular weight excluding hydrogens is 461 g/mol. The van der Waals surface area contributed by atoms with E-state index in [-0.39, 0.29) is 34.3 Å². The second kappa shape index (κ2) is 8.08. The molecule has 0 aromatic carbocycles. The number of fused-ring (bicyclic) bond motifs is 2. The fourth-order valence-corrected chi connectivity index (χ4v) is 5.23. The van der Waals surface area contributed by atoms with E-state index in [4.69, 9.17) is 10.5 Å². The molecule has 2 aliphatic rings. The maximum Gasteiger partial charge on any atom is 0.256 e. The average molecular weight is 487 g/mol. The SMILES string of the molecule is Cc1nc2ccc(-c3c(F)cn4nc(NC5CCC6(CC5)COC6)nc(N)c34)nc2n1CC(F)F. The Labute approximate surface area is 198 Å². The lowest BCUT2D eigenvalue weighted by Crippen LogP contribution is -2.47. The first-order valence-corrected chi connectivity index (χ1v) is 11.6. The summed E-state index contributed by atoms with van der Waals surface area (Å²) in [7, 11) is 0. The van der Waals surface area contributed by atoms with Crippen LogP contribution in [-0.2, 0) is 11.3 Å². The van der Waals surface area contributed by atoms with Crippen molar-refractivity contribution < 1.29 is 17.9 Å². The molecule has 0 atom stereocenters. The number of nitrogens with one attached hydrogen (secondary N) is 1. The summed E-state index contributed by atoms with van der Waals surface area (Å²) in [4.78, 5) is 13.1. The first-order valence-electron chi connectivity index (χ1n) is 11.6. The Hall–Kier alpha value is -3.41. The van der Waals surface area contributed by atoms with Gasteiger partial charge in [-0.2, -0.15) is 4.98 Å². The van der Waals surface area contributed by atoms with Crippen LogP contribution in [0.2, 0.25) is 0 Å². The molecule has 0 radical (unpaired) electrons. The average Bonchev–Trinajstić information content (AvgIpc) is 3.28. The van der Waals surface area contributed by atoms with Crippen LogP contribution < -0.4 is 11.1 Å². The number of halogens is 3. The highest BCUT2D eigenvalue weighted by Crippen LogP contribution is 2.42. The molecule has 3 N–H and O–H groups in total. The molecule has 6 rings (SSSR count). The van der Waals surface area contributed by atoms with Crippen molar-refractivity contribution in [1.82, 2.24) is 29.1 Å². The van der Waals surface area contributed by atoms with Crippen LogP contribution >= 0.6 is 0 Å². The fourth-order valence-electron chi connectivity index (χ4n) is 5.23. The number of pyridine rings is 1. The minimum absolute atomic E-state index is 0.0974. The van der Waals surface area contributed by atoms with E-state index in [0.717, 1.165) is 38.9 Å². The van der Waals surface area contributed by atoms with Gasteiger partial charge in [0.1, 0.15) is 16.9 Å². The summed E-state index contributed by atoms with van der Waals surface area (Å²) >= 11 is 0. The van der Waals surface area contributed by atoms with Crippen molar-refractivity contribution in [2.24, 2.45) is 5.41 Å². The number of anilines is 2. The molecule has 9 nitrogen and oxygen atoms in total. The molecule has 2 fully saturated rings. The molecule has 1 aliphatic heterocycles. The zero-order valence-corrected chi connectivity index (χ0v) is 19.1. The predicted octanol–water partition coefficient (Wildman–Crippen LogP) is 3.81. The van der Waals surface area contributed by atoms with Crippen LogP contribution in [0.5, 0.6) is 0 Å². The monoisotopic (exact) mass is 486 g/mol. The Morgan fingerprint density at radius 1 is 1.20 bits per heavy atom. The lowest BCUT2D eigenvalue weighted by Gasteiger charge is -2.46. The van der Waals surface area contributed by atoms with Gasteiger partial charge in [0.25, 0.3) is 6.43 Å². The van der Waals surface area contributed by atoms with E-state index in [1.54, 1.807) is 19.1 Å². The predicted molar refractivity (Wildman–Crippen MR) is 124 cm³/mol. The largest absolute Gasteiger partial charge is 0.382 e. The Bertz CT molecular complexity index is 1420. The normalized spacial score (nSPS) is 18.1. The summed E-state index contributed by atoms with van der Waals surface area (Å²) in [6.07, 6.45) is 2.77. The molecule has 1 spiro atoms. The van der Waals surface area contributed by atoms with Crippen LogP contribution in [-0.4, -0.2) is 54.8 Å². The van der Waals surface area contributed by atoms with E-state index < -0.39 is 18.8 Å². The van der Waals surface area contributed by atoms with Crippen LogP contribution in [0.3, 0.4) is 0 Å². The van der Waals surface area contributed by atoms with Crippen LogP contribution in [0, 0.1) is 18.2 Å². The summed E-state index contributed by atoms with van der Waals surface area (Å²) in [5, 5.41) is 7.77. The van der Waals surface area contributed by atoms with Gasteiger partial charge in [0.15, 0.2) is 17.3 Å². The highest BCUT2D eigenvalue weighted by Gasteiger charge is 2.41. The Balaban J connectivity index is 1.33. The lowest BCUT2D eigenvalue weighted by molar-refractivity contribution is -0.131. The number of hydrogen-bond acceptors (Lipinski definition) is 7. The van der Waals surface area contributed by atoms with Crippen molar-refractivity contribution in [3.63, 3.8) is 0 Å². The van der Waals surface area contributed by atoms with Gasteiger partial charge in [0.2, 0.25) is 5.95 Å². The molecule has 5 heterocycles. The standard InChI is InChI=1S/C23H25F3N8O/c1-12-28-16-3-2-15(30-21(16)33(12)9-17(25)26)18-14(24)8-34-19(18)20(27)31-22(32-34)29-13-4-6-23(7-5-13)10-35-11-23/h2-3,8,13,17H,4-7,9-11H2,1H3,(H3,27,29,31,32). The molecule has 0 amide bonds. The van der Waals surface area contributed by atoms with Crippen molar-refractivity contribution in [2.75, 3.05) is 24.3 Å². The van der Waals surface area contributed by atoms with Crippen LogP contribution in [0.25, 0.3) is 27.9 Å². The zero-order chi connectivity index (χ0) is 24.3. The van der Waals surface area contributed by atoms with E-state index in [2.05, 4.69) is 25.4 Å². The number of nitrogens with two attached hydrogens (primary N) is 1. The molecule has 184 valence electrons. The molecule has 4 aromatic rings. The summed E-state index contributed by atoms with van der Waals surface area (Å²) < 4.78 is 49.4. The Kier molecular flexibility index (Phi) is 5.09. The first-order chi connectivity index (χ1) is 16.8. The van der Waals surface area contributed by atoms with E-state index in [9.17, 15) is 8.78 Å². The van der Waals surface area contributed by atoms with Gasteiger partial charge in [-0.1, -0.05) is 0 Å². The quantitative estimate of drug-likeness (QED) is 0.442. The van der Waals surface area contributed by atoms with Gasteiger partial charge >= 0.3 is 0 Å². The van der Waals surface area contributed by atoms with Gasteiger partial charge < -0.3 is 20.4 Å². The Morgan fingerprint density at radius 3 is 2.66 bits per heavy atom. The molecule has 1 saturated carbocycles. The number of nitrogens with zero attached hydrogens (tertiary/aromatic N) is 6. The summed E-state index contributed by atoms with van der Waals surface area (Å²) in [5.74, 6) is 0.247. The number of aromatic nitrogens is 6. The third-order valence-electron chi connectivity index (χ3n) is 7.17. The van der Waals surface area contributed by atoms with Crippen molar-refractivity contribution in [3.8, 4) is 11.3 Å². The van der Waals surface area contributed by atoms with Crippen molar-refractivity contribution in [2.45, 2.75) is 51.6 Å². The Morgan fingerprint density at radius 2 is 1.97 bits per heavy atom. The topological polar surface area (TPSA) is 108 Å². The summed E-state index contributed by atoms with van der Waals surface area (Å²) in [5.41, 5.74) is 7.92. The highest BCUT2D eigenvalue weighted by molar-refractivity contribution is 5.89. The second-order valence-electron chi connectivity index (χ2n) is 9.58. The molecule has 35 heavy (non-hydrogen) atoms. The molecular formula is C23H25F3N8O. The number of rotatable bonds is 5. The summed E-state index contributed by atoms with van der Waals surface area (Å²) in [6, 6.07) is 3.43. The number of hydrogen-bond donors (Lipinski definition) is 2. The van der Waals surface area contributed by atoms with Gasteiger partial charge in [0, 0.05) is 11.5 Å². The van der Waals surface area contributed by atoms with Crippen LogP contribution in [0.15, 0.2) is 18.3 Å². The third kappa shape index (κ3) is 3.76. The van der Waals surface area contributed by atoms with Crippen molar-refractivity contribution in [1.29, 1.82) is 0 Å². The van der Waals surface area contributed by atoms with E-state index >= 15 is 4.39 Å². The van der Waals surface area contributed by atoms with Gasteiger partial charge in [-0.25, -0.2) is 27.7 Å². The highest BCUT2D eigenvalue weighted by atomic mass is 19.3. The van der Waals surface area contributed by atoms with E-state index in [1.165, 1.54) is 15.3 Å². The minimum atomic E-state index is -2.57. The van der Waals surface area contributed by atoms with Gasteiger partial charge in [-0.05, 0) is 44.7 Å². The molecule has 0 bridgehead atoms. The number of imidazole rings is 1. The molecule has 4 aromatic heterocycles. The molecule has 0 unspecified atom stereocenters. The fraction of sp³-hybridized carbons (Fsp3) is 0.478. The number of alkyl halides is 2. The zero-order valence-electron chi connectivity index (χ0n) is 19.1. The maximum absolute atomic E-state index is 15.1. The number of ether oxygens (including phenoxy) is 1. The van der Waals surface area contributed by atoms with Crippen molar-refractivity contribution >= 4 is 28.4 Å². The summed E-state index contributed by atoms with van der Waals surface area (Å²) in [6.45, 7) is 2.75. The van der Waals surface area contributed by atoms with E-state index in [1.807, 2.05) is 0 Å². The van der Waals surface area contributed by atoms with Crippen LogP contribution in [0.1, 0.15) is 31.5 Å². The van der Waals surface area contributed by atoms with E-state index in [0.29, 0.717) is 22.7 Å². The lowest BCUT2D eigenvalue weighted by atomic mass is 9.71. The molecule has 1 saturated heterocycles. The molecule has 12 heteroatoms. The number of aryl methyl sites for hydroxylation is 1. The number of nitrogen functional groups attached to an aromatic ring is 1. The maximum atomic E-state index is 15.1. The smallest absolute Gasteiger partial charge is 0.256 e. The van der Waals surface area contributed by atoms with Crippen molar-refractivity contribution in [3.05, 3.63) is 30.0 Å². The van der Waals surface area contributed by atoms with Gasteiger partial charge in [-0.3, -0.25) is 0 Å². The van der Waals surface area contributed by atoms with Gasteiger partial charge in [-0.15, -0.1) is 5.10 Å². The molecule has 1 aliphatic carbocycles. The van der Waals surface area contributed by atoms with Crippen LogP contribution in [0.4, 0.5) is 24.9 Å². The third-order valence-corrected chi connectivity index (χ3v) is 7.17.